The van der Waals surface area contributed by atoms with Gasteiger partial charge < -0.3 is 20.7 Å². The summed E-state index contributed by atoms with van der Waals surface area (Å²) in [7, 11) is 0. The van der Waals surface area contributed by atoms with Crippen molar-refractivity contribution in [2.45, 2.75) is 76.5 Å². The number of nitrogens with one attached hydrogen (secondary N) is 1. The number of aromatic nitrogens is 1. The predicted octanol–water partition coefficient (Wildman–Crippen LogP) is 5.00. The molecule has 5 rings (SSSR count). The van der Waals surface area contributed by atoms with Crippen LogP contribution in [-0.2, 0) is 14.4 Å². The summed E-state index contributed by atoms with van der Waals surface area (Å²) in [6.45, 7) is 2.25. The fraction of sp³-hybridized carbons (Fsp3) is 0.394. The number of allylic oxidation sites excluding steroid dienone is 1. The van der Waals surface area contributed by atoms with E-state index < -0.39 is 24.1 Å². The first-order valence-electron chi connectivity index (χ1n) is 14.7. The van der Waals surface area contributed by atoms with E-state index in [1.807, 2.05) is 55.5 Å². The SMILES string of the molecule is CCCC[C@@H]1NC(=O)CCCC/C=C/c2ccc3nc(-c4ccccc4)cc(c3c2)O[C@@H]2C[C@@H](C(N)=O)N(C2)C1=O. The van der Waals surface area contributed by atoms with Crippen LogP contribution in [-0.4, -0.2) is 52.3 Å². The molecule has 3 atom stereocenters. The van der Waals surface area contributed by atoms with Crippen molar-refractivity contribution in [1.29, 1.82) is 0 Å². The molecule has 4 bridgehead atoms. The molecule has 8 heteroatoms. The van der Waals surface area contributed by atoms with Crippen LogP contribution in [0.25, 0.3) is 28.2 Å². The second kappa shape index (κ2) is 13.0. The number of fused-ring (bicyclic) bond motifs is 3. The van der Waals surface area contributed by atoms with Crippen molar-refractivity contribution in [3.8, 4) is 17.0 Å². The number of hydrogen-bond donors (Lipinski definition) is 2. The van der Waals surface area contributed by atoms with E-state index in [9.17, 15) is 14.4 Å². The number of carbonyl (C=O) groups excluding carboxylic acids is 3. The van der Waals surface area contributed by atoms with Gasteiger partial charge in [0.2, 0.25) is 17.7 Å². The van der Waals surface area contributed by atoms with Crippen LogP contribution in [0.3, 0.4) is 0 Å². The molecule has 8 nitrogen and oxygen atoms in total. The Hall–Kier alpha value is -4.20. The van der Waals surface area contributed by atoms with Crippen molar-refractivity contribution in [2.75, 3.05) is 6.54 Å². The average molecular weight is 555 g/mol. The van der Waals surface area contributed by atoms with Gasteiger partial charge >= 0.3 is 0 Å². The number of hydrogen-bond acceptors (Lipinski definition) is 5. The molecule has 1 fully saturated rings. The Morgan fingerprint density at radius 2 is 1.95 bits per heavy atom. The minimum absolute atomic E-state index is 0.146. The van der Waals surface area contributed by atoms with E-state index in [4.69, 9.17) is 15.5 Å². The van der Waals surface area contributed by atoms with Gasteiger partial charge in [0.15, 0.2) is 0 Å². The van der Waals surface area contributed by atoms with Crippen LogP contribution >= 0.6 is 0 Å². The summed E-state index contributed by atoms with van der Waals surface area (Å²) in [6, 6.07) is 16.4. The summed E-state index contributed by atoms with van der Waals surface area (Å²) >= 11 is 0. The standard InChI is InChI=1S/C33H38N4O4/c1-2-3-14-27-33(40)37-21-24(19-29(37)32(34)39)41-30-20-28(23-12-8-6-9-13-23)35-26-17-16-22(18-25(26)30)11-7-4-5-10-15-31(38)36-27/h6-9,11-13,16-18,20,24,27,29H,2-5,10,14-15,19,21H2,1H3,(H2,34,39)(H,36,38)/b11-7+/t24-,27+,29+/m1/s1. The lowest BCUT2D eigenvalue weighted by Crippen LogP contribution is -2.53. The number of rotatable bonds is 5. The lowest BCUT2D eigenvalue weighted by Gasteiger charge is -2.27. The summed E-state index contributed by atoms with van der Waals surface area (Å²) < 4.78 is 6.59. The van der Waals surface area contributed by atoms with E-state index in [2.05, 4.69) is 23.5 Å². The minimum atomic E-state index is -0.809. The summed E-state index contributed by atoms with van der Waals surface area (Å²) in [5.41, 5.74) is 9.35. The normalized spacial score (nSPS) is 22.6. The molecule has 214 valence electrons. The fourth-order valence-corrected chi connectivity index (χ4v) is 5.65. The van der Waals surface area contributed by atoms with Gasteiger partial charge in [0.1, 0.15) is 23.9 Å². The number of nitrogens with zero attached hydrogens (tertiary/aromatic N) is 2. The number of ether oxygens (including phenoxy) is 1. The van der Waals surface area contributed by atoms with Crippen LogP contribution < -0.4 is 15.8 Å². The molecule has 3 N–H and O–H groups in total. The van der Waals surface area contributed by atoms with Crippen molar-refractivity contribution < 1.29 is 19.1 Å². The van der Waals surface area contributed by atoms with Gasteiger partial charge in [0.25, 0.3) is 0 Å². The van der Waals surface area contributed by atoms with E-state index >= 15 is 0 Å². The van der Waals surface area contributed by atoms with Gasteiger partial charge in [0.05, 0.1) is 17.8 Å². The van der Waals surface area contributed by atoms with E-state index in [1.165, 1.54) is 4.90 Å². The van der Waals surface area contributed by atoms with Crippen LogP contribution in [0.1, 0.15) is 63.9 Å². The second-order valence-corrected chi connectivity index (χ2v) is 10.9. The van der Waals surface area contributed by atoms with Crippen LogP contribution in [0.5, 0.6) is 5.75 Å². The molecule has 0 radical (unpaired) electrons. The van der Waals surface area contributed by atoms with Gasteiger partial charge in [-0.05, 0) is 43.4 Å². The Labute approximate surface area is 241 Å². The third-order valence-corrected chi connectivity index (χ3v) is 7.85. The predicted molar refractivity (Wildman–Crippen MR) is 160 cm³/mol. The van der Waals surface area contributed by atoms with E-state index in [0.29, 0.717) is 18.6 Å². The smallest absolute Gasteiger partial charge is 0.245 e. The largest absolute Gasteiger partial charge is 0.488 e. The molecule has 2 aliphatic heterocycles. The number of benzene rings is 2. The highest BCUT2D eigenvalue weighted by Gasteiger charge is 2.42. The highest BCUT2D eigenvalue weighted by Crippen LogP contribution is 2.34. The zero-order chi connectivity index (χ0) is 28.8. The lowest BCUT2D eigenvalue weighted by molar-refractivity contribution is -0.140. The van der Waals surface area contributed by atoms with Gasteiger partial charge in [-0.25, -0.2) is 4.98 Å². The van der Waals surface area contributed by atoms with Crippen molar-refractivity contribution in [2.24, 2.45) is 5.73 Å². The van der Waals surface area contributed by atoms with E-state index in [-0.39, 0.29) is 24.8 Å². The summed E-state index contributed by atoms with van der Waals surface area (Å²) in [5.74, 6) is -0.360. The molecule has 2 aromatic carbocycles. The van der Waals surface area contributed by atoms with Gasteiger partial charge in [-0.2, -0.15) is 0 Å². The van der Waals surface area contributed by atoms with Crippen molar-refractivity contribution in [3.63, 3.8) is 0 Å². The van der Waals surface area contributed by atoms with Crippen LogP contribution in [0, 0.1) is 0 Å². The first-order chi connectivity index (χ1) is 19.9. The second-order valence-electron chi connectivity index (χ2n) is 10.9. The third-order valence-electron chi connectivity index (χ3n) is 7.85. The molecular formula is C33H38N4O4. The summed E-state index contributed by atoms with van der Waals surface area (Å²) in [4.78, 5) is 45.5. The van der Waals surface area contributed by atoms with Crippen molar-refractivity contribution >= 4 is 34.7 Å². The summed E-state index contributed by atoms with van der Waals surface area (Å²) in [5, 5.41) is 3.81. The zero-order valence-corrected chi connectivity index (χ0v) is 23.6. The first kappa shape index (κ1) is 28.3. The highest BCUT2D eigenvalue weighted by molar-refractivity contribution is 5.93. The third kappa shape index (κ3) is 6.76. The van der Waals surface area contributed by atoms with E-state index in [1.54, 1.807) is 0 Å². The van der Waals surface area contributed by atoms with Gasteiger partial charge in [-0.3, -0.25) is 14.4 Å². The fourth-order valence-electron chi connectivity index (χ4n) is 5.65. The molecular weight excluding hydrogens is 516 g/mol. The topological polar surface area (TPSA) is 115 Å². The Kier molecular flexibility index (Phi) is 8.97. The Balaban J connectivity index is 1.54. The molecule has 41 heavy (non-hydrogen) atoms. The molecule has 0 saturated carbocycles. The number of amides is 3. The molecule has 3 heterocycles. The maximum atomic E-state index is 13.8. The molecule has 2 aliphatic rings. The van der Waals surface area contributed by atoms with Crippen LogP contribution in [0.2, 0.25) is 0 Å². The zero-order valence-electron chi connectivity index (χ0n) is 23.6. The molecule has 3 amide bonds. The number of unbranched alkanes of at least 4 members (excludes halogenated alkanes) is 1. The number of nitrogens with two attached hydrogens (primary N) is 1. The van der Waals surface area contributed by atoms with Crippen LogP contribution in [0.4, 0.5) is 0 Å². The maximum absolute atomic E-state index is 13.8. The number of carbonyl (C=O) groups is 3. The Morgan fingerprint density at radius 1 is 1.12 bits per heavy atom. The maximum Gasteiger partial charge on any atom is 0.245 e. The van der Waals surface area contributed by atoms with Crippen LogP contribution in [0.15, 0.2) is 60.7 Å². The molecule has 0 spiro atoms. The molecule has 3 aromatic rings. The molecule has 1 aromatic heterocycles. The number of primary amides is 1. The highest BCUT2D eigenvalue weighted by atomic mass is 16.5. The van der Waals surface area contributed by atoms with Gasteiger partial charge in [-0.1, -0.05) is 68.3 Å². The Bertz CT molecular complexity index is 1440. The quantitative estimate of drug-likeness (QED) is 0.461. The monoisotopic (exact) mass is 554 g/mol. The van der Waals surface area contributed by atoms with Gasteiger partial charge in [-0.15, -0.1) is 0 Å². The average Bonchev–Trinajstić information content (AvgIpc) is 3.41. The van der Waals surface area contributed by atoms with Crippen molar-refractivity contribution in [1.82, 2.24) is 15.2 Å². The molecule has 0 unspecified atom stereocenters. The first-order valence-corrected chi connectivity index (χ1v) is 14.7. The lowest BCUT2D eigenvalue weighted by atomic mass is 10.1. The van der Waals surface area contributed by atoms with Gasteiger partial charge in [0, 0.05) is 29.9 Å². The Morgan fingerprint density at radius 3 is 2.73 bits per heavy atom. The van der Waals surface area contributed by atoms with Crippen molar-refractivity contribution in [3.05, 3.63) is 66.2 Å². The van der Waals surface area contributed by atoms with E-state index in [0.717, 1.165) is 59.8 Å². The summed E-state index contributed by atoms with van der Waals surface area (Å²) in [6.07, 6.45) is 8.98. The molecule has 1 saturated heterocycles. The molecule has 0 aliphatic carbocycles. The number of pyridine rings is 1. The minimum Gasteiger partial charge on any atom is -0.488 e.